The summed E-state index contributed by atoms with van der Waals surface area (Å²) >= 11 is 9.26. The first-order chi connectivity index (χ1) is 8.95. The summed E-state index contributed by atoms with van der Waals surface area (Å²) in [5, 5.41) is 4.73. The lowest BCUT2D eigenvalue weighted by Crippen LogP contribution is -2.36. The van der Waals surface area contributed by atoms with E-state index >= 15 is 0 Å². The maximum absolute atomic E-state index is 11.9. The zero-order valence-electron chi connectivity index (χ0n) is 10.4. The number of rotatable bonds is 3. The Balaban J connectivity index is 2.57. The van der Waals surface area contributed by atoms with Crippen LogP contribution in [-0.2, 0) is 13.1 Å². The van der Waals surface area contributed by atoms with Crippen molar-refractivity contribution in [3.63, 3.8) is 0 Å². The first-order valence-electron chi connectivity index (χ1n) is 5.65. The topological polar surface area (TPSA) is 72.7 Å². The van der Waals surface area contributed by atoms with Crippen molar-refractivity contribution in [2.45, 2.75) is 26.9 Å². The summed E-state index contributed by atoms with van der Waals surface area (Å²) in [4.78, 5) is 26.1. The van der Waals surface area contributed by atoms with Crippen LogP contribution in [0.4, 0.5) is 0 Å². The quantitative estimate of drug-likeness (QED) is 0.915. The largest absolute Gasteiger partial charge is 0.328 e. The fourth-order valence-corrected chi connectivity index (χ4v) is 2.32. The molecule has 2 aromatic heterocycles. The van der Waals surface area contributed by atoms with Gasteiger partial charge in [-0.05, 0) is 29.8 Å². The zero-order valence-corrected chi connectivity index (χ0v) is 12.7. The molecule has 0 saturated carbocycles. The summed E-state index contributed by atoms with van der Waals surface area (Å²) in [6.07, 6.45) is 1.32. The summed E-state index contributed by atoms with van der Waals surface area (Å²) in [7, 11) is 0. The zero-order chi connectivity index (χ0) is 14.2. The summed E-state index contributed by atoms with van der Waals surface area (Å²) in [6.45, 7) is 4.40. The third-order valence-corrected chi connectivity index (χ3v) is 3.84. The normalized spacial score (nSPS) is 10.9. The van der Waals surface area contributed by atoms with Crippen LogP contribution >= 0.6 is 27.5 Å². The number of nitrogens with one attached hydrogen (secondary N) is 1. The van der Waals surface area contributed by atoms with Crippen molar-refractivity contribution < 1.29 is 0 Å². The van der Waals surface area contributed by atoms with Crippen LogP contribution in [0, 0.1) is 6.92 Å². The van der Waals surface area contributed by atoms with Crippen LogP contribution < -0.4 is 11.2 Å². The highest BCUT2D eigenvalue weighted by atomic mass is 79.9. The molecule has 19 heavy (non-hydrogen) atoms. The Morgan fingerprint density at radius 2 is 2.16 bits per heavy atom. The Kier molecular flexibility index (Phi) is 3.96. The molecule has 102 valence electrons. The Morgan fingerprint density at radius 1 is 1.47 bits per heavy atom. The van der Waals surface area contributed by atoms with E-state index in [1.54, 1.807) is 11.6 Å². The van der Waals surface area contributed by atoms with E-state index in [4.69, 9.17) is 11.6 Å². The highest BCUT2D eigenvalue weighted by molar-refractivity contribution is 9.10. The monoisotopic (exact) mass is 346 g/mol. The Labute approximate surface area is 122 Å². The number of aromatic amines is 1. The van der Waals surface area contributed by atoms with Gasteiger partial charge in [0.05, 0.1) is 27.4 Å². The molecule has 0 aliphatic heterocycles. The lowest BCUT2D eigenvalue weighted by atomic mass is 10.3. The van der Waals surface area contributed by atoms with Gasteiger partial charge >= 0.3 is 5.69 Å². The molecule has 0 unspecified atom stereocenters. The number of H-pyrrole nitrogens is 1. The molecule has 0 radical (unpaired) electrons. The van der Waals surface area contributed by atoms with Crippen LogP contribution in [0.1, 0.15) is 18.3 Å². The second-order valence-electron chi connectivity index (χ2n) is 3.99. The van der Waals surface area contributed by atoms with Crippen LogP contribution in [0.3, 0.4) is 0 Å². The van der Waals surface area contributed by atoms with Crippen LogP contribution in [0.2, 0.25) is 5.02 Å². The minimum Gasteiger partial charge on any atom is -0.313 e. The number of nitrogens with zero attached hydrogens (tertiary/aromatic N) is 3. The Hall–Kier alpha value is -1.34. The van der Waals surface area contributed by atoms with Gasteiger partial charge in [0.2, 0.25) is 0 Å². The highest BCUT2D eigenvalue weighted by Crippen LogP contribution is 2.20. The van der Waals surface area contributed by atoms with Gasteiger partial charge in [0.1, 0.15) is 0 Å². The molecule has 0 aromatic carbocycles. The molecule has 8 heteroatoms. The highest BCUT2D eigenvalue weighted by Gasteiger charge is 2.15. The molecule has 2 heterocycles. The van der Waals surface area contributed by atoms with Gasteiger partial charge in [-0.3, -0.25) is 14.0 Å². The second-order valence-corrected chi connectivity index (χ2v) is 5.23. The van der Waals surface area contributed by atoms with Crippen molar-refractivity contribution in [1.29, 1.82) is 0 Å². The molecule has 0 aliphatic rings. The van der Waals surface area contributed by atoms with Gasteiger partial charge in [-0.25, -0.2) is 4.79 Å². The molecule has 2 aromatic rings. The van der Waals surface area contributed by atoms with E-state index in [2.05, 4.69) is 26.0 Å². The molecule has 0 amide bonds. The van der Waals surface area contributed by atoms with Gasteiger partial charge in [-0.2, -0.15) is 5.10 Å². The van der Waals surface area contributed by atoms with Crippen LogP contribution in [-0.4, -0.2) is 19.3 Å². The van der Waals surface area contributed by atoms with Crippen LogP contribution in [0.25, 0.3) is 0 Å². The lowest BCUT2D eigenvalue weighted by molar-refractivity contribution is 0.579. The van der Waals surface area contributed by atoms with Crippen molar-refractivity contribution >= 4 is 27.5 Å². The average Bonchev–Trinajstić information content (AvgIpc) is 2.66. The van der Waals surface area contributed by atoms with Gasteiger partial charge in [0, 0.05) is 12.7 Å². The maximum Gasteiger partial charge on any atom is 0.328 e. The van der Waals surface area contributed by atoms with Crippen molar-refractivity contribution in [3.8, 4) is 0 Å². The van der Waals surface area contributed by atoms with Crippen LogP contribution in [0.15, 0.2) is 20.3 Å². The number of aromatic nitrogens is 4. The van der Waals surface area contributed by atoms with E-state index in [1.807, 2.05) is 6.92 Å². The second kappa shape index (κ2) is 5.34. The molecule has 0 saturated heterocycles. The Morgan fingerprint density at radius 3 is 2.79 bits per heavy atom. The van der Waals surface area contributed by atoms with Gasteiger partial charge < -0.3 is 4.98 Å². The maximum atomic E-state index is 11.9. The van der Waals surface area contributed by atoms with Gasteiger partial charge in [0.25, 0.3) is 5.56 Å². The summed E-state index contributed by atoms with van der Waals surface area (Å²) in [5.74, 6) is 0. The van der Waals surface area contributed by atoms with Crippen LogP contribution in [0.5, 0.6) is 0 Å². The van der Waals surface area contributed by atoms with E-state index in [-0.39, 0.29) is 6.54 Å². The van der Waals surface area contributed by atoms with Gasteiger partial charge in [-0.1, -0.05) is 11.6 Å². The third kappa shape index (κ3) is 2.52. The number of hydrogen-bond acceptors (Lipinski definition) is 3. The van der Waals surface area contributed by atoms with E-state index in [0.717, 1.165) is 4.57 Å². The summed E-state index contributed by atoms with van der Waals surface area (Å²) in [6, 6.07) is 0. The first-order valence-corrected chi connectivity index (χ1v) is 6.82. The van der Waals surface area contributed by atoms with Crippen molar-refractivity contribution in [3.05, 3.63) is 47.9 Å². The summed E-state index contributed by atoms with van der Waals surface area (Å²) in [5.41, 5.74) is 0.442. The van der Waals surface area contributed by atoms with Crippen molar-refractivity contribution in [2.75, 3.05) is 0 Å². The molecular formula is C11H12BrClN4O2. The molecule has 0 aliphatic carbocycles. The molecule has 2 rings (SSSR count). The lowest BCUT2D eigenvalue weighted by Gasteiger charge is -2.07. The van der Waals surface area contributed by atoms with Crippen molar-refractivity contribution in [1.82, 2.24) is 19.3 Å². The van der Waals surface area contributed by atoms with E-state index in [0.29, 0.717) is 27.4 Å². The number of aryl methyl sites for hydroxylation is 2. The minimum absolute atomic E-state index is 0.0844. The average molecular weight is 348 g/mol. The van der Waals surface area contributed by atoms with E-state index < -0.39 is 11.2 Å². The Bertz CT molecular complexity index is 731. The molecule has 6 nitrogen and oxygen atoms in total. The van der Waals surface area contributed by atoms with Crippen molar-refractivity contribution in [2.24, 2.45) is 0 Å². The standard InChI is InChI=1S/C11H12BrClN4O2/c1-3-17-8(9(13)6(2)15-17)5-16-10(18)7(12)4-14-11(16)19/h4H,3,5H2,1-2H3,(H,14,19). The number of halogens is 2. The molecule has 0 fully saturated rings. The molecule has 1 N–H and O–H groups in total. The van der Waals surface area contributed by atoms with E-state index in [9.17, 15) is 9.59 Å². The van der Waals surface area contributed by atoms with E-state index in [1.165, 1.54) is 6.20 Å². The molecule has 0 spiro atoms. The first kappa shape index (κ1) is 14.1. The number of hydrogen-bond donors (Lipinski definition) is 1. The predicted octanol–water partition coefficient (Wildman–Crippen LogP) is 1.53. The third-order valence-electron chi connectivity index (χ3n) is 2.78. The molecular weight excluding hydrogens is 336 g/mol. The fourth-order valence-electron chi connectivity index (χ4n) is 1.80. The van der Waals surface area contributed by atoms with Gasteiger partial charge in [-0.15, -0.1) is 0 Å². The smallest absolute Gasteiger partial charge is 0.313 e. The van der Waals surface area contributed by atoms with Gasteiger partial charge in [0.15, 0.2) is 0 Å². The molecule has 0 bridgehead atoms. The molecule has 0 atom stereocenters. The summed E-state index contributed by atoms with van der Waals surface area (Å²) < 4.78 is 3.06. The predicted molar refractivity (Wildman–Crippen MR) is 75.8 cm³/mol. The SMILES string of the molecule is CCn1nc(C)c(Cl)c1Cn1c(=O)[nH]cc(Br)c1=O. The fraction of sp³-hybridized carbons (Fsp3) is 0.364. The minimum atomic E-state index is -0.481.